The van der Waals surface area contributed by atoms with Gasteiger partial charge in [-0.05, 0) is 44.4 Å². The van der Waals surface area contributed by atoms with Gasteiger partial charge >= 0.3 is 5.69 Å². The van der Waals surface area contributed by atoms with Crippen LogP contribution in [0.15, 0.2) is 38.6 Å². The first-order valence-electron chi connectivity index (χ1n) is 11.5. The molecule has 10 heteroatoms. The van der Waals surface area contributed by atoms with Crippen LogP contribution < -0.4 is 21.5 Å². The van der Waals surface area contributed by atoms with Crippen molar-refractivity contribution >= 4 is 16.9 Å². The van der Waals surface area contributed by atoms with Gasteiger partial charge in [-0.25, -0.2) is 9.20 Å². The Morgan fingerprint density at radius 1 is 0.941 bits per heavy atom. The number of imidazole rings is 1. The summed E-state index contributed by atoms with van der Waals surface area (Å²) >= 11 is 0. The summed E-state index contributed by atoms with van der Waals surface area (Å²) in [5.41, 5.74) is -0.121. The third-order valence-electron chi connectivity index (χ3n) is 6.15. The Balaban J connectivity index is 2.13. The Kier molecular flexibility index (Phi) is 6.32. The highest BCUT2D eigenvalue weighted by molar-refractivity contribution is 5.76. The number of ether oxygens (including phenoxy) is 1. The number of aromatic nitrogens is 5. The second-order valence-corrected chi connectivity index (χ2v) is 8.14. The molecular formula is C24H29N5O5. The van der Waals surface area contributed by atoms with E-state index < -0.39 is 11.2 Å². The molecule has 10 nitrogen and oxygen atoms in total. The zero-order chi connectivity index (χ0) is 24.6. The summed E-state index contributed by atoms with van der Waals surface area (Å²) in [5.74, 6) is 0.498. The summed E-state index contributed by atoms with van der Waals surface area (Å²) < 4.78 is 10.5. The maximum absolute atomic E-state index is 13.5. The van der Waals surface area contributed by atoms with Crippen LogP contribution in [0.2, 0.25) is 0 Å². The Labute approximate surface area is 195 Å². The Morgan fingerprint density at radius 3 is 2.21 bits per heavy atom. The fraction of sp³-hybridized carbons (Fsp3) is 0.417. The van der Waals surface area contributed by atoms with Crippen molar-refractivity contribution in [1.82, 2.24) is 23.1 Å². The Hall–Kier alpha value is -3.82. The number of rotatable bonds is 8. The maximum Gasteiger partial charge on any atom is 0.332 e. The lowest BCUT2D eigenvalue weighted by molar-refractivity contribution is 0.414. The largest absolute Gasteiger partial charge is 0.497 e. The highest BCUT2D eigenvalue weighted by Gasteiger charge is 2.25. The number of hydrogen-bond acceptors (Lipinski definition) is 6. The molecule has 0 aliphatic heterocycles. The van der Waals surface area contributed by atoms with Crippen molar-refractivity contribution in [1.29, 1.82) is 0 Å². The molecule has 4 aromatic rings. The van der Waals surface area contributed by atoms with Crippen molar-refractivity contribution in [3.8, 4) is 11.6 Å². The van der Waals surface area contributed by atoms with Gasteiger partial charge in [0.2, 0.25) is 11.7 Å². The molecule has 0 aliphatic rings. The van der Waals surface area contributed by atoms with Gasteiger partial charge in [0.1, 0.15) is 5.75 Å². The molecule has 3 aromatic heterocycles. The molecule has 3 heterocycles. The van der Waals surface area contributed by atoms with Crippen LogP contribution in [-0.2, 0) is 26.1 Å². The van der Waals surface area contributed by atoms with E-state index in [1.54, 1.807) is 33.1 Å². The molecule has 0 saturated carbocycles. The summed E-state index contributed by atoms with van der Waals surface area (Å²) in [7, 11) is 1.58. The molecule has 4 rings (SSSR count). The molecule has 0 unspecified atom stereocenters. The fourth-order valence-electron chi connectivity index (χ4n) is 4.29. The van der Waals surface area contributed by atoms with E-state index in [9.17, 15) is 19.5 Å². The van der Waals surface area contributed by atoms with Crippen LogP contribution in [0.3, 0.4) is 0 Å². The van der Waals surface area contributed by atoms with E-state index in [0.717, 1.165) is 16.6 Å². The molecule has 0 fully saturated rings. The first-order valence-corrected chi connectivity index (χ1v) is 11.5. The molecule has 0 radical (unpaired) electrons. The Bertz CT molecular complexity index is 1540. The molecule has 34 heavy (non-hydrogen) atoms. The minimum atomic E-state index is -0.550. The summed E-state index contributed by atoms with van der Waals surface area (Å²) in [6, 6.07) is 7.28. The summed E-state index contributed by atoms with van der Waals surface area (Å²) in [6.45, 7) is 6.13. The van der Waals surface area contributed by atoms with Gasteiger partial charge < -0.3 is 9.84 Å². The first kappa shape index (κ1) is 23.3. The normalized spacial score (nSPS) is 11.5. The zero-order valence-corrected chi connectivity index (χ0v) is 19.9. The number of aromatic hydroxyl groups is 1. The molecule has 0 amide bonds. The van der Waals surface area contributed by atoms with E-state index in [2.05, 4.69) is 4.98 Å². The van der Waals surface area contributed by atoms with E-state index in [1.165, 1.54) is 13.5 Å². The van der Waals surface area contributed by atoms with Gasteiger partial charge in [0.05, 0.1) is 19.2 Å². The van der Waals surface area contributed by atoms with E-state index >= 15 is 0 Å². The maximum atomic E-state index is 13.5. The molecule has 180 valence electrons. The lowest BCUT2D eigenvalue weighted by Gasteiger charge is -2.13. The number of aryl methyl sites for hydroxylation is 1. The third-order valence-corrected chi connectivity index (χ3v) is 6.15. The average molecular weight is 468 g/mol. The van der Waals surface area contributed by atoms with Gasteiger partial charge in [-0.1, -0.05) is 25.5 Å². The second kappa shape index (κ2) is 9.20. The van der Waals surface area contributed by atoms with Crippen LogP contribution in [0.25, 0.3) is 16.9 Å². The molecule has 0 spiro atoms. The summed E-state index contributed by atoms with van der Waals surface area (Å²) in [4.78, 5) is 44.2. The van der Waals surface area contributed by atoms with E-state index in [1.807, 2.05) is 19.1 Å². The van der Waals surface area contributed by atoms with Crippen molar-refractivity contribution in [2.45, 2.75) is 59.7 Å². The standard InChI is InChI=1S/C24H29N5O5/c1-5-8-9-17-20(30)28(14-15-10-12-16(34-4)13-11-15)23-25-19-18(29(23)21(17)31)22(32)27(7-3)24(33)26(19)6-2/h10-13,31H,5-9,14H2,1-4H3. The molecule has 0 aliphatic carbocycles. The van der Waals surface area contributed by atoms with E-state index in [4.69, 9.17) is 4.74 Å². The highest BCUT2D eigenvalue weighted by atomic mass is 16.5. The summed E-state index contributed by atoms with van der Waals surface area (Å²) in [6.07, 6.45) is 1.88. The number of hydrogen-bond donors (Lipinski definition) is 1. The van der Waals surface area contributed by atoms with Crippen LogP contribution in [0.1, 0.15) is 44.7 Å². The summed E-state index contributed by atoms with van der Waals surface area (Å²) in [5, 5.41) is 11.2. The van der Waals surface area contributed by atoms with Crippen LogP contribution in [0.5, 0.6) is 11.6 Å². The predicted octanol–water partition coefficient (Wildman–Crippen LogP) is 2.12. The first-order chi connectivity index (χ1) is 16.4. The highest BCUT2D eigenvalue weighted by Crippen LogP contribution is 2.23. The van der Waals surface area contributed by atoms with Crippen molar-refractivity contribution in [2.24, 2.45) is 0 Å². The minimum absolute atomic E-state index is 0.0806. The lowest BCUT2D eigenvalue weighted by Crippen LogP contribution is -2.39. The van der Waals surface area contributed by atoms with Gasteiger partial charge in [-0.2, -0.15) is 4.98 Å². The topological polar surface area (TPSA) is 113 Å². The van der Waals surface area contributed by atoms with Crippen molar-refractivity contribution < 1.29 is 9.84 Å². The van der Waals surface area contributed by atoms with Crippen LogP contribution >= 0.6 is 0 Å². The smallest absolute Gasteiger partial charge is 0.332 e. The van der Waals surface area contributed by atoms with Crippen LogP contribution in [-0.4, -0.2) is 35.3 Å². The third kappa shape index (κ3) is 3.59. The number of fused-ring (bicyclic) bond motifs is 3. The second-order valence-electron chi connectivity index (χ2n) is 8.14. The SMILES string of the molecule is CCCCc1c(O)n2c3c(=O)n(CC)c(=O)n(CC)c3nc2n(Cc2ccc(OC)cc2)c1=O. The van der Waals surface area contributed by atoms with Crippen molar-refractivity contribution in [2.75, 3.05) is 7.11 Å². The van der Waals surface area contributed by atoms with E-state index in [0.29, 0.717) is 18.6 Å². The van der Waals surface area contributed by atoms with E-state index in [-0.39, 0.29) is 53.6 Å². The Morgan fingerprint density at radius 2 is 1.62 bits per heavy atom. The van der Waals surface area contributed by atoms with Gasteiger partial charge in [0.15, 0.2) is 11.2 Å². The minimum Gasteiger partial charge on any atom is -0.497 e. The molecule has 1 N–H and O–H groups in total. The molecule has 0 atom stereocenters. The van der Waals surface area contributed by atoms with Gasteiger partial charge in [-0.15, -0.1) is 0 Å². The number of unbranched alkanes of at least 4 members (excludes halogenated alkanes) is 1. The predicted molar refractivity (Wildman–Crippen MR) is 129 cm³/mol. The lowest BCUT2D eigenvalue weighted by atomic mass is 10.1. The zero-order valence-electron chi connectivity index (χ0n) is 19.9. The van der Waals surface area contributed by atoms with Crippen LogP contribution in [0, 0.1) is 0 Å². The fourth-order valence-corrected chi connectivity index (χ4v) is 4.29. The molecular weight excluding hydrogens is 438 g/mol. The van der Waals surface area contributed by atoms with Gasteiger partial charge in [-0.3, -0.25) is 23.3 Å². The average Bonchev–Trinajstić information content (AvgIpc) is 3.23. The molecule has 0 saturated heterocycles. The van der Waals surface area contributed by atoms with Gasteiger partial charge in [0, 0.05) is 13.1 Å². The quantitative estimate of drug-likeness (QED) is 0.425. The number of methoxy groups -OCH3 is 1. The number of nitrogens with zero attached hydrogens (tertiary/aromatic N) is 5. The molecule has 0 bridgehead atoms. The van der Waals surface area contributed by atoms with Crippen molar-refractivity contribution in [3.05, 3.63) is 66.6 Å². The van der Waals surface area contributed by atoms with Crippen LogP contribution in [0.4, 0.5) is 0 Å². The van der Waals surface area contributed by atoms with Gasteiger partial charge in [0.25, 0.3) is 11.1 Å². The monoisotopic (exact) mass is 467 g/mol. The molecule has 1 aromatic carbocycles. The number of benzene rings is 1. The van der Waals surface area contributed by atoms with Crippen molar-refractivity contribution in [3.63, 3.8) is 0 Å².